The lowest BCUT2D eigenvalue weighted by molar-refractivity contribution is -0.00956. The predicted molar refractivity (Wildman–Crippen MR) is 72.8 cm³/mol. The molecule has 0 rings (SSSR count). The lowest BCUT2D eigenvalue weighted by Crippen LogP contribution is -2.31. The molecule has 0 heterocycles. The second-order valence-corrected chi connectivity index (χ2v) is 5.54. The average molecular weight is 328 g/mol. The number of halogens is 4. The summed E-state index contributed by atoms with van der Waals surface area (Å²) in [5, 5.41) is 18.2. The van der Waals surface area contributed by atoms with Crippen LogP contribution >= 0.6 is 46.4 Å². The second kappa shape index (κ2) is 10.9. The Morgan fingerprint density at radius 1 is 0.824 bits per heavy atom. The van der Waals surface area contributed by atoms with Gasteiger partial charge in [0.1, 0.15) is 0 Å². The van der Waals surface area contributed by atoms with Crippen molar-refractivity contribution < 1.29 is 14.9 Å². The van der Waals surface area contributed by atoms with E-state index in [-0.39, 0.29) is 13.2 Å². The Morgan fingerprint density at radius 2 is 1.18 bits per heavy atom. The molecule has 0 fully saturated rings. The van der Waals surface area contributed by atoms with Crippen molar-refractivity contribution in [2.75, 3.05) is 25.0 Å². The number of rotatable bonds is 10. The Hall–Kier alpha value is 1.04. The fourth-order valence-corrected chi connectivity index (χ4v) is 2.17. The molecule has 0 aromatic heterocycles. The van der Waals surface area contributed by atoms with E-state index in [2.05, 4.69) is 0 Å². The van der Waals surface area contributed by atoms with E-state index in [1.807, 2.05) is 0 Å². The molecule has 0 aliphatic carbocycles. The molecule has 17 heavy (non-hydrogen) atoms. The Balaban J connectivity index is 3.68. The minimum Gasteiger partial charge on any atom is -0.389 e. The zero-order valence-corrected chi connectivity index (χ0v) is 12.4. The maximum absolute atomic E-state index is 9.55. The summed E-state index contributed by atoms with van der Waals surface area (Å²) in [4.78, 5) is 0. The smallest absolute Gasteiger partial charge is 0.0937 e. The molecule has 0 aromatic carbocycles. The van der Waals surface area contributed by atoms with Crippen molar-refractivity contribution in [3.63, 3.8) is 0 Å². The van der Waals surface area contributed by atoms with Crippen molar-refractivity contribution in [1.29, 1.82) is 0 Å². The van der Waals surface area contributed by atoms with Gasteiger partial charge in [0, 0.05) is 11.8 Å². The SMILES string of the molecule is OC(COCC(O)C(Cl)CCCl)C(Cl)CCCl. The largest absolute Gasteiger partial charge is 0.389 e. The van der Waals surface area contributed by atoms with E-state index in [0.717, 1.165) is 0 Å². The van der Waals surface area contributed by atoms with Crippen molar-refractivity contribution in [3.05, 3.63) is 0 Å². The number of alkyl halides is 4. The van der Waals surface area contributed by atoms with Gasteiger partial charge in [-0.3, -0.25) is 0 Å². The molecule has 0 radical (unpaired) electrons. The molecule has 2 N–H and O–H groups in total. The quantitative estimate of drug-likeness (QED) is 0.605. The molecule has 0 saturated carbocycles. The van der Waals surface area contributed by atoms with Crippen LogP contribution in [-0.4, -0.2) is 58.1 Å². The normalized spacial score (nSPS) is 18.7. The van der Waals surface area contributed by atoms with Crippen LogP contribution in [0.3, 0.4) is 0 Å². The van der Waals surface area contributed by atoms with E-state index < -0.39 is 23.0 Å². The summed E-state index contributed by atoms with van der Waals surface area (Å²) in [5.74, 6) is 0.765. The highest BCUT2D eigenvalue weighted by Crippen LogP contribution is 2.12. The fourth-order valence-electron chi connectivity index (χ4n) is 1.11. The van der Waals surface area contributed by atoms with Gasteiger partial charge in [0.05, 0.1) is 36.2 Å². The maximum Gasteiger partial charge on any atom is 0.0937 e. The molecule has 4 unspecified atom stereocenters. The molecule has 104 valence electrons. The van der Waals surface area contributed by atoms with E-state index in [1.165, 1.54) is 0 Å². The van der Waals surface area contributed by atoms with Gasteiger partial charge in [0.25, 0.3) is 0 Å². The van der Waals surface area contributed by atoms with Crippen LogP contribution in [0, 0.1) is 0 Å². The molecule has 0 saturated heterocycles. The molecule has 7 heteroatoms. The Morgan fingerprint density at radius 3 is 1.47 bits per heavy atom. The van der Waals surface area contributed by atoms with Crippen LogP contribution in [0.2, 0.25) is 0 Å². The van der Waals surface area contributed by atoms with Crippen LogP contribution in [-0.2, 0) is 4.74 Å². The van der Waals surface area contributed by atoms with Crippen LogP contribution in [0.15, 0.2) is 0 Å². The Kier molecular flexibility index (Phi) is 11.6. The zero-order chi connectivity index (χ0) is 13.3. The van der Waals surface area contributed by atoms with Gasteiger partial charge in [-0.15, -0.1) is 46.4 Å². The van der Waals surface area contributed by atoms with Gasteiger partial charge < -0.3 is 14.9 Å². The van der Waals surface area contributed by atoms with Crippen molar-refractivity contribution in [3.8, 4) is 0 Å². The highest BCUT2D eigenvalue weighted by Gasteiger charge is 2.19. The van der Waals surface area contributed by atoms with Gasteiger partial charge in [0.2, 0.25) is 0 Å². The zero-order valence-electron chi connectivity index (χ0n) is 9.37. The highest BCUT2D eigenvalue weighted by atomic mass is 35.5. The van der Waals surface area contributed by atoms with Gasteiger partial charge >= 0.3 is 0 Å². The first-order valence-corrected chi connectivity index (χ1v) is 7.31. The minimum absolute atomic E-state index is 0.0482. The second-order valence-electron chi connectivity index (χ2n) is 3.66. The highest BCUT2D eigenvalue weighted by molar-refractivity contribution is 6.23. The van der Waals surface area contributed by atoms with Gasteiger partial charge in [0.15, 0.2) is 0 Å². The summed E-state index contributed by atoms with van der Waals surface area (Å²) in [5.41, 5.74) is 0. The molecule has 3 nitrogen and oxygen atoms in total. The fraction of sp³-hybridized carbons (Fsp3) is 1.00. The first-order chi connectivity index (χ1) is 8.02. The molecular weight excluding hydrogens is 310 g/mol. The van der Waals surface area contributed by atoms with E-state index in [4.69, 9.17) is 51.1 Å². The lowest BCUT2D eigenvalue weighted by atomic mass is 10.2. The van der Waals surface area contributed by atoms with E-state index in [1.54, 1.807) is 0 Å². The number of aliphatic hydroxyl groups is 2. The van der Waals surface area contributed by atoms with Crippen LogP contribution in [0.1, 0.15) is 12.8 Å². The van der Waals surface area contributed by atoms with Gasteiger partial charge in [-0.05, 0) is 12.8 Å². The van der Waals surface area contributed by atoms with E-state index >= 15 is 0 Å². The first-order valence-electron chi connectivity index (χ1n) is 5.36. The van der Waals surface area contributed by atoms with Gasteiger partial charge in [-0.1, -0.05) is 0 Å². The molecule has 0 aromatic rings. The van der Waals surface area contributed by atoms with E-state index in [0.29, 0.717) is 24.6 Å². The monoisotopic (exact) mass is 326 g/mol. The van der Waals surface area contributed by atoms with Crippen LogP contribution < -0.4 is 0 Å². The Labute approximate surface area is 122 Å². The van der Waals surface area contributed by atoms with Crippen LogP contribution in [0.4, 0.5) is 0 Å². The third-order valence-corrected chi connectivity index (χ3v) is 3.64. The topological polar surface area (TPSA) is 49.7 Å². The summed E-state index contributed by atoms with van der Waals surface area (Å²) in [6, 6.07) is 0. The van der Waals surface area contributed by atoms with Gasteiger partial charge in [-0.2, -0.15) is 0 Å². The molecule has 0 aliphatic rings. The number of hydrogen-bond acceptors (Lipinski definition) is 3. The third kappa shape index (κ3) is 8.71. The number of hydrogen-bond donors (Lipinski definition) is 2. The summed E-state index contributed by atoms with van der Waals surface area (Å²) in [7, 11) is 0. The maximum atomic E-state index is 9.55. The molecule has 4 atom stereocenters. The van der Waals surface area contributed by atoms with Crippen molar-refractivity contribution in [1.82, 2.24) is 0 Å². The van der Waals surface area contributed by atoms with Gasteiger partial charge in [-0.25, -0.2) is 0 Å². The van der Waals surface area contributed by atoms with Crippen molar-refractivity contribution in [2.24, 2.45) is 0 Å². The third-order valence-electron chi connectivity index (χ3n) is 2.18. The summed E-state index contributed by atoms with van der Waals surface area (Å²) in [6.07, 6.45) is -0.602. The minimum atomic E-state index is -0.801. The summed E-state index contributed by atoms with van der Waals surface area (Å²) >= 11 is 22.7. The molecular formula is C10H18Cl4O3. The van der Waals surface area contributed by atoms with Crippen molar-refractivity contribution in [2.45, 2.75) is 35.8 Å². The Bertz CT molecular complexity index is 167. The first kappa shape index (κ1) is 18.0. The molecule has 0 amide bonds. The van der Waals surface area contributed by atoms with Crippen molar-refractivity contribution >= 4 is 46.4 Å². The van der Waals surface area contributed by atoms with E-state index in [9.17, 15) is 10.2 Å². The predicted octanol–water partition coefficient (Wildman–Crippen LogP) is 2.20. The number of ether oxygens (including phenoxy) is 1. The standard InChI is InChI=1S/C10H18Cl4O3/c11-3-1-7(13)9(15)5-17-6-10(16)8(14)2-4-12/h7-10,15-16H,1-6H2. The van der Waals surface area contributed by atoms with Crippen LogP contribution in [0.25, 0.3) is 0 Å². The number of aliphatic hydroxyl groups excluding tert-OH is 2. The average Bonchev–Trinajstić information content (AvgIpc) is 2.29. The molecule has 0 bridgehead atoms. The summed E-state index contributed by atoms with van der Waals surface area (Å²) < 4.78 is 5.14. The molecule has 0 aliphatic heterocycles. The van der Waals surface area contributed by atoms with Crippen LogP contribution in [0.5, 0.6) is 0 Å². The summed E-state index contributed by atoms with van der Waals surface area (Å²) in [6.45, 7) is 0.0964. The molecule has 0 spiro atoms. The lowest BCUT2D eigenvalue weighted by Gasteiger charge is -2.19.